The quantitative estimate of drug-likeness (QED) is 0.658. The van der Waals surface area contributed by atoms with Gasteiger partial charge in [0.1, 0.15) is 0 Å². The summed E-state index contributed by atoms with van der Waals surface area (Å²) in [6.07, 6.45) is 0. The number of nitrogens with zero attached hydrogens (tertiary/aromatic N) is 2. The summed E-state index contributed by atoms with van der Waals surface area (Å²) in [7, 11) is 0. The van der Waals surface area contributed by atoms with Gasteiger partial charge < -0.3 is 10.6 Å². The van der Waals surface area contributed by atoms with Crippen molar-refractivity contribution in [1.29, 1.82) is 0 Å². The fourth-order valence-corrected chi connectivity index (χ4v) is 2.13. The van der Waals surface area contributed by atoms with Crippen LogP contribution in [0.1, 0.15) is 6.92 Å². The average Bonchev–Trinajstić information content (AvgIpc) is 2.58. The summed E-state index contributed by atoms with van der Waals surface area (Å²) in [4.78, 5) is 26.3. The molecule has 2 N–H and O–H groups in total. The smallest absolute Gasteiger partial charge is 0.324 e. The van der Waals surface area contributed by atoms with E-state index in [-0.39, 0.29) is 30.9 Å². The van der Waals surface area contributed by atoms with Crippen LogP contribution < -0.4 is 10.6 Å². The molecule has 2 rings (SSSR count). The minimum atomic E-state index is -0.257. The molecule has 0 unspecified atom stereocenters. The molecule has 0 aromatic carbocycles. The molecule has 0 saturated carbocycles. The van der Waals surface area contributed by atoms with E-state index < -0.39 is 0 Å². The van der Waals surface area contributed by atoms with Crippen LogP contribution in [0.2, 0.25) is 0 Å². The summed E-state index contributed by atoms with van der Waals surface area (Å²) in [6, 6.07) is 0.210. The van der Waals surface area contributed by atoms with Gasteiger partial charge in [0.25, 0.3) is 0 Å². The molecular weight excluding hydrogens is 244 g/mol. The number of rotatable bonds is 3. The Morgan fingerprint density at radius 2 is 2.12 bits per heavy atom. The summed E-state index contributed by atoms with van der Waals surface area (Å²) in [6.45, 7) is 6.49. The topological polar surface area (TPSA) is 64.7 Å². The normalized spacial score (nSPS) is 25.7. The number of amides is 3. The van der Waals surface area contributed by atoms with E-state index in [2.05, 4.69) is 22.5 Å². The predicted octanol–water partition coefficient (Wildman–Crippen LogP) is -0.746. The van der Waals surface area contributed by atoms with Gasteiger partial charge >= 0.3 is 6.03 Å². The van der Waals surface area contributed by atoms with E-state index in [0.717, 1.165) is 26.2 Å². The monoisotopic (exact) mass is 262 g/mol. The summed E-state index contributed by atoms with van der Waals surface area (Å²) in [5.74, 6) is -0.118. The average molecular weight is 263 g/mol. The number of hydrogen-bond donors (Lipinski definition) is 2. The molecular formula is C10H19ClN4O2. The van der Waals surface area contributed by atoms with Gasteiger partial charge in [-0.2, -0.15) is 0 Å². The van der Waals surface area contributed by atoms with E-state index in [9.17, 15) is 9.59 Å². The molecule has 2 saturated heterocycles. The Morgan fingerprint density at radius 1 is 1.35 bits per heavy atom. The van der Waals surface area contributed by atoms with Crippen LogP contribution in [0.5, 0.6) is 0 Å². The number of urea groups is 1. The molecule has 6 nitrogen and oxygen atoms in total. The summed E-state index contributed by atoms with van der Waals surface area (Å²) >= 11 is 0. The van der Waals surface area contributed by atoms with Crippen molar-refractivity contribution in [2.45, 2.75) is 13.0 Å². The van der Waals surface area contributed by atoms with Gasteiger partial charge in [-0.3, -0.25) is 14.6 Å². The first-order chi connectivity index (χ1) is 7.68. The van der Waals surface area contributed by atoms with Gasteiger partial charge in [0, 0.05) is 38.8 Å². The van der Waals surface area contributed by atoms with Crippen LogP contribution in [0.15, 0.2) is 0 Å². The Hall–Kier alpha value is -0.850. The number of carbonyl (C=O) groups excluding carboxylic acids is 2. The first-order valence-corrected chi connectivity index (χ1v) is 5.71. The molecule has 0 radical (unpaired) electrons. The van der Waals surface area contributed by atoms with Crippen molar-refractivity contribution in [3.8, 4) is 0 Å². The van der Waals surface area contributed by atoms with E-state index in [1.54, 1.807) is 0 Å². The molecule has 2 heterocycles. The highest BCUT2D eigenvalue weighted by Crippen LogP contribution is 2.04. The van der Waals surface area contributed by atoms with Gasteiger partial charge in [0.05, 0.1) is 6.54 Å². The van der Waals surface area contributed by atoms with Crippen molar-refractivity contribution < 1.29 is 9.59 Å². The van der Waals surface area contributed by atoms with Gasteiger partial charge in [0.2, 0.25) is 5.91 Å². The maximum Gasteiger partial charge on any atom is 0.324 e. The third kappa shape index (κ3) is 3.31. The Kier molecular flexibility index (Phi) is 5.17. The van der Waals surface area contributed by atoms with E-state index >= 15 is 0 Å². The van der Waals surface area contributed by atoms with Crippen molar-refractivity contribution in [3.63, 3.8) is 0 Å². The standard InChI is InChI=1S/C10H18N4O2.ClH/c1-8-6-11-2-3-13(8)4-5-14-9(15)7-12-10(14)16;/h8,11H,2-7H2,1H3,(H,12,16);1H/t8-;/m0./s1. The summed E-state index contributed by atoms with van der Waals surface area (Å²) in [5.41, 5.74) is 0. The maximum absolute atomic E-state index is 11.4. The number of piperazine rings is 1. The van der Waals surface area contributed by atoms with Crippen LogP contribution in [-0.2, 0) is 4.79 Å². The zero-order chi connectivity index (χ0) is 11.5. The summed E-state index contributed by atoms with van der Waals surface area (Å²) < 4.78 is 0. The molecule has 17 heavy (non-hydrogen) atoms. The van der Waals surface area contributed by atoms with Gasteiger partial charge in [-0.25, -0.2) is 4.79 Å². The fraction of sp³-hybridized carbons (Fsp3) is 0.800. The van der Waals surface area contributed by atoms with Crippen LogP contribution in [0.25, 0.3) is 0 Å². The molecule has 0 bridgehead atoms. The molecule has 1 atom stereocenters. The third-order valence-corrected chi connectivity index (χ3v) is 3.19. The number of imide groups is 1. The second-order valence-electron chi connectivity index (χ2n) is 4.29. The van der Waals surface area contributed by atoms with Crippen LogP contribution in [-0.4, -0.2) is 67.0 Å². The van der Waals surface area contributed by atoms with Crippen molar-refractivity contribution in [1.82, 2.24) is 20.4 Å². The highest BCUT2D eigenvalue weighted by atomic mass is 35.5. The highest BCUT2D eigenvalue weighted by molar-refractivity contribution is 6.01. The van der Waals surface area contributed by atoms with Crippen LogP contribution in [0.3, 0.4) is 0 Å². The Balaban J connectivity index is 0.00000144. The second-order valence-corrected chi connectivity index (χ2v) is 4.29. The molecule has 2 fully saturated rings. The Labute approximate surface area is 107 Å². The molecule has 0 aliphatic carbocycles. The Bertz CT molecular complexity index is 284. The van der Waals surface area contributed by atoms with Crippen molar-refractivity contribution >= 4 is 24.3 Å². The van der Waals surface area contributed by atoms with Crippen LogP contribution in [0.4, 0.5) is 4.79 Å². The first kappa shape index (κ1) is 14.2. The van der Waals surface area contributed by atoms with Crippen molar-refractivity contribution in [2.24, 2.45) is 0 Å². The fourth-order valence-electron chi connectivity index (χ4n) is 2.13. The van der Waals surface area contributed by atoms with Gasteiger partial charge in [0.15, 0.2) is 0 Å². The molecule has 2 aliphatic heterocycles. The molecule has 0 aromatic heterocycles. The third-order valence-electron chi connectivity index (χ3n) is 3.19. The molecule has 3 amide bonds. The van der Waals surface area contributed by atoms with Gasteiger partial charge in [-0.1, -0.05) is 0 Å². The Morgan fingerprint density at radius 3 is 2.71 bits per heavy atom. The maximum atomic E-state index is 11.4. The highest BCUT2D eigenvalue weighted by Gasteiger charge is 2.29. The molecule has 0 aromatic rings. The SMILES string of the molecule is C[C@H]1CNCCN1CCN1C(=O)CNC1=O.Cl. The number of halogens is 1. The minimum absolute atomic E-state index is 0. The first-order valence-electron chi connectivity index (χ1n) is 5.71. The minimum Gasteiger partial charge on any atom is -0.329 e. The zero-order valence-corrected chi connectivity index (χ0v) is 10.8. The lowest BCUT2D eigenvalue weighted by molar-refractivity contribution is -0.125. The molecule has 2 aliphatic rings. The molecule has 98 valence electrons. The molecule has 7 heteroatoms. The van der Waals surface area contributed by atoms with E-state index in [0.29, 0.717) is 12.6 Å². The van der Waals surface area contributed by atoms with Gasteiger partial charge in [-0.15, -0.1) is 12.4 Å². The second kappa shape index (κ2) is 6.18. The van der Waals surface area contributed by atoms with Crippen molar-refractivity contribution in [2.75, 3.05) is 39.3 Å². The van der Waals surface area contributed by atoms with E-state index in [1.165, 1.54) is 4.90 Å². The van der Waals surface area contributed by atoms with Crippen molar-refractivity contribution in [3.05, 3.63) is 0 Å². The lowest BCUT2D eigenvalue weighted by Crippen LogP contribution is -2.52. The zero-order valence-electron chi connectivity index (χ0n) is 9.94. The number of hydrogen-bond acceptors (Lipinski definition) is 4. The summed E-state index contributed by atoms with van der Waals surface area (Å²) in [5, 5.41) is 5.83. The lowest BCUT2D eigenvalue weighted by Gasteiger charge is -2.34. The number of nitrogens with one attached hydrogen (secondary N) is 2. The lowest BCUT2D eigenvalue weighted by atomic mass is 10.2. The van der Waals surface area contributed by atoms with Crippen LogP contribution >= 0.6 is 12.4 Å². The number of carbonyl (C=O) groups is 2. The van der Waals surface area contributed by atoms with E-state index in [4.69, 9.17) is 0 Å². The largest absolute Gasteiger partial charge is 0.329 e. The predicted molar refractivity (Wildman–Crippen MR) is 66.3 cm³/mol. The van der Waals surface area contributed by atoms with Gasteiger partial charge in [-0.05, 0) is 6.92 Å². The van der Waals surface area contributed by atoms with Crippen LogP contribution in [0, 0.1) is 0 Å². The molecule has 0 spiro atoms. The van der Waals surface area contributed by atoms with E-state index in [1.807, 2.05) is 0 Å².